The number of nitrogens with zero attached hydrogens (tertiary/aromatic N) is 2. The second-order valence-electron chi connectivity index (χ2n) is 5.37. The van der Waals surface area contributed by atoms with Crippen LogP contribution < -0.4 is 0 Å². The summed E-state index contributed by atoms with van der Waals surface area (Å²) in [5, 5.41) is 10.4. The van der Waals surface area contributed by atoms with Gasteiger partial charge in [0.1, 0.15) is 5.60 Å². The molecule has 17 heavy (non-hydrogen) atoms. The van der Waals surface area contributed by atoms with Crippen molar-refractivity contribution in [3.63, 3.8) is 0 Å². The molecule has 0 aromatic carbocycles. The van der Waals surface area contributed by atoms with Gasteiger partial charge in [-0.15, -0.1) is 0 Å². The Hall–Kier alpha value is -0.810. The van der Waals surface area contributed by atoms with E-state index in [0.29, 0.717) is 19.5 Å². The van der Waals surface area contributed by atoms with Crippen molar-refractivity contribution >= 4 is 6.09 Å². The number of hydrogen-bond acceptors (Lipinski definition) is 3. The van der Waals surface area contributed by atoms with Gasteiger partial charge in [0.05, 0.1) is 6.61 Å². The summed E-state index contributed by atoms with van der Waals surface area (Å²) in [7, 11) is 0. The van der Waals surface area contributed by atoms with Crippen LogP contribution >= 0.6 is 0 Å². The number of ether oxygens (including phenoxy) is 1. The monoisotopic (exact) mass is 243 g/mol. The predicted octanol–water partition coefficient (Wildman–Crippen LogP) is 1.36. The van der Waals surface area contributed by atoms with Crippen LogP contribution in [0.5, 0.6) is 0 Å². The molecule has 1 fully saturated rings. The predicted molar refractivity (Wildman–Crippen MR) is 64.4 cm³/mol. The zero-order chi connectivity index (χ0) is 12.9. The van der Waals surface area contributed by atoms with E-state index in [4.69, 9.17) is 4.74 Å². The van der Waals surface area contributed by atoms with Crippen LogP contribution in [0.1, 0.15) is 27.2 Å². The molecule has 1 rings (SSSR count). The minimum Gasteiger partial charge on any atom is -0.444 e. The van der Waals surface area contributed by atoms with E-state index in [0.717, 1.165) is 19.6 Å². The molecular weight excluding hydrogens is 220 g/mol. The minimum atomic E-state index is -0.434. The summed E-state index contributed by atoms with van der Waals surface area (Å²) in [6.07, 6.45) is 0.452. The number of rotatable bonds is 3. The number of carbonyl (C=O) groups excluding carboxylic acids is 1. The highest BCUT2D eigenvalue weighted by molar-refractivity contribution is 5.68. The van der Waals surface area contributed by atoms with Gasteiger partial charge in [-0.25, -0.2) is 9.90 Å². The second-order valence-corrected chi connectivity index (χ2v) is 5.37. The Morgan fingerprint density at radius 1 is 1.18 bits per heavy atom. The Morgan fingerprint density at radius 3 is 2.24 bits per heavy atom. The first-order chi connectivity index (χ1) is 7.92. The summed E-state index contributed by atoms with van der Waals surface area (Å²) in [6.45, 7) is 9.47. The zero-order valence-electron chi connectivity index (χ0n) is 11.1. The maximum Gasteiger partial charge on any atom is 0.410 e. The molecule has 0 saturated carbocycles. The molecule has 1 amide bonds. The lowest BCUT2D eigenvalue weighted by atomic mass is 10.2. The fourth-order valence-corrected chi connectivity index (χ4v) is 1.77. The lowest BCUT2D eigenvalue weighted by molar-refractivity contribution is 0.0138. The van der Waals surface area contributed by atoms with Gasteiger partial charge in [0.15, 0.2) is 0 Å². The third-order valence-electron chi connectivity index (χ3n) is 2.64. The Morgan fingerprint density at radius 2 is 1.76 bits per heavy atom. The SMILES string of the molecule is CC(C)(C)OC(=O)N1CCN(CCC[O])CC1. The lowest BCUT2D eigenvalue weighted by Gasteiger charge is -2.35. The molecule has 0 aromatic rings. The van der Waals surface area contributed by atoms with Crippen molar-refractivity contribution in [2.45, 2.75) is 32.8 Å². The molecule has 99 valence electrons. The van der Waals surface area contributed by atoms with Crippen LogP contribution in [0.25, 0.3) is 0 Å². The highest BCUT2D eigenvalue weighted by Crippen LogP contribution is 2.11. The smallest absolute Gasteiger partial charge is 0.410 e. The standard InChI is InChI=1S/C12H23N2O3/c1-12(2,3)17-11(16)14-8-6-13(7-9-14)5-4-10-15/h4-10H2,1-3H3. The third-order valence-corrected chi connectivity index (χ3v) is 2.64. The van der Waals surface area contributed by atoms with E-state index in [1.54, 1.807) is 4.90 Å². The van der Waals surface area contributed by atoms with Crippen molar-refractivity contribution < 1.29 is 14.6 Å². The van der Waals surface area contributed by atoms with E-state index >= 15 is 0 Å². The molecule has 1 radical (unpaired) electrons. The van der Waals surface area contributed by atoms with Gasteiger partial charge in [0.2, 0.25) is 0 Å². The van der Waals surface area contributed by atoms with Crippen LogP contribution in [0.2, 0.25) is 0 Å². The first-order valence-corrected chi connectivity index (χ1v) is 6.21. The fraction of sp³-hybridized carbons (Fsp3) is 0.917. The normalized spacial score (nSPS) is 18.2. The van der Waals surface area contributed by atoms with E-state index in [9.17, 15) is 9.90 Å². The summed E-state index contributed by atoms with van der Waals surface area (Å²) in [5.41, 5.74) is -0.434. The average Bonchev–Trinajstić information content (AvgIpc) is 2.24. The van der Waals surface area contributed by atoms with Crippen molar-refractivity contribution in [1.82, 2.24) is 9.80 Å². The maximum absolute atomic E-state index is 11.8. The van der Waals surface area contributed by atoms with Crippen molar-refractivity contribution in [3.05, 3.63) is 0 Å². The van der Waals surface area contributed by atoms with E-state index in [1.807, 2.05) is 20.8 Å². The molecule has 1 aliphatic rings. The van der Waals surface area contributed by atoms with E-state index in [-0.39, 0.29) is 12.7 Å². The van der Waals surface area contributed by atoms with Crippen molar-refractivity contribution in [2.24, 2.45) is 0 Å². The van der Waals surface area contributed by atoms with Gasteiger partial charge in [-0.2, -0.15) is 0 Å². The molecule has 0 unspecified atom stereocenters. The Labute approximate surface area is 103 Å². The number of hydrogen-bond donors (Lipinski definition) is 0. The number of amides is 1. The van der Waals surface area contributed by atoms with Crippen LogP contribution in [0.4, 0.5) is 4.79 Å². The van der Waals surface area contributed by atoms with E-state index in [2.05, 4.69) is 4.90 Å². The van der Waals surface area contributed by atoms with E-state index in [1.165, 1.54) is 0 Å². The molecule has 0 bridgehead atoms. The third kappa shape index (κ3) is 5.37. The van der Waals surface area contributed by atoms with Crippen molar-refractivity contribution in [2.75, 3.05) is 39.3 Å². The topological polar surface area (TPSA) is 52.7 Å². The van der Waals surface area contributed by atoms with Gasteiger partial charge in [-0.1, -0.05) is 0 Å². The first kappa shape index (κ1) is 14.3. The minimum absolute atomic E-state index is 0.0215. The highest BCUT2D eigenvalue weighted by atomic mass is 16.6. The molecule has 0 spiro atoms. The van der Waals surface area contributed by atoms with Gasteiger partial charge < -0.3 is 9.64 Å². The molecule has 0 N–H and O–H groups in total. The van der Waals surface area contributed by atoms with Crippen LogP contribution in [0.15, 0.2) is 0 Å². The van der Waals surface area contributed by atoms with Gasteiger partial charge >= 0.3 is 6.09 Å². The molecule has 1 heterocycles. The Balaban J connectivity index is 2.29. The van der Waals surface area contributed by atoms with Crippen molar-refractivity contribution in [3.8, 4) is 0 Å². The molecule has 5 nitrogen and oxygen atoms in total. The largest absolute Gasteiger partial charge is 0.444 e. The maximum atomic E-state index is 11.8. The fourth-order valence-electron chi connectivity index (χ4n) is 1.77. The first-order valence-electron chi connectivity index (χ1n) is 6.21. The summed E-state index contributed by atoms with van der Waals surface area (Å²) >= 11 is 0. The Bertz CT molecular complexity index is 243. The quantitative estimate of drug-likeness (QED) is 0.752. The molecular formula is C12H23N2O3. The van der Waals surface area contributed by atoms with Gasteiger partial charge in [0.25, 0.3) is 0 Å². The van der Waals surface area contributed by atoms with Crippen LogP contribution in [0.3, 0.4) is 0 Å². The zero-order valence-corrected chi connectivity index (χ0v) is 11.1. The summed E-state index contributed by atoms with van der Waals surface area (Å²) < 4.78 is 5.31. The number of piperazine rings is 1. The Kier molecular flexibility index (Phi) is 5.21. The molecule has 0 aromatic heterocycles. The molecule has 1 aliphatic heterocycles. The summed E-state index contributed by atoms with van der Waals surface area (Å²) in [5.74, 6) is 0. The summed E-state index contributed by atoms with van der Waals surface area (Å²) in [4.78, 5) is 15.7. The van der Waals surface area contributed by atoms with Crippen LogP contribution in [0, 0.1) is 0 Å². The molecule has 0 atom stereocenters. The molecule has 0 aliphatic carbocycles. The highest BCUT2D eigenvalue weighted by Gasteiger charge is 2.25. The van der Waals surface area contributed by atoms with Gasteiger partial charge in [-0.05, 0) is 27.2 Å². The number of carbonyl (C=O) groups is 1. The van der Waals surface area contributed by atoms with Crippen LogP contribution in [-0.4, -0.2) is 60.8 Å². The summed E-state index contributed by atoms with van der Waals surface area (Å²) in [6, 6.07) is 0. The van der Waals surface area contributed by atoms with Gasteiger partial charge in [0, 0.05) is 32.7 Å². The average molecular weight is 243 g/mol. The second kappa shape index (κ2) is 6.21. The van der Waals surface area contributed by atoms with Gasteiger partial charge in [-0.3, -0.25) is 4.90 Å². The van der Waals surface area contributed by atoms with E-state index < -0.39 is 5.60 Å². The van der Waals surface area contributed by atoms with Crippen LogP contribution in [-0.2, 0) is 9.84 Å². The lowest BCUT2D eigenvalue weighted by Crippen LogP contribution is -2.50. The van der Waals surface area contributed by atoms with Crippen molar-refractivity contribution in [1.29, 1.82) is 0 Å². The molecule has 5 heteroatoms. The molecule has 1 saturated heterocycles.